The Hall–Kier alpha value is -1.31. The first-order chi connectivity index (χ1) is 9.88. The van der Waals surface area contributed by atoms with Crippen LogP contribution in [0.3, 0.4) is 0 Å². The van der Waals surface area contributed by atoms with Crippen molar-refractivity contribution in [2.45, 2.75) is 36.8 Å². The van der Waals surface area contributed by atoms with Crippen LogP contribution in [0.4, 0.5) is 0 Å². The fourth-order valence-electron chi connectivity index (χ4n) is 1.20. The normalized spacial score (nSPS) is 15.3. The smallest absolute Gasteiger partial charge is 0.274 e. The molecule has 12 heteroatoms. The summed E-state index contributed by atoms with van der Waals surface area (Å²) in [4.78, 5) is 23.3. The maximum atomic E-state index is 11.7. The van der Waals surface area contributed by atoms with E-state index in [0.29, 0.717) is 0 Å². The minimum absolute atomic E-state index is 0.713. The van der Waals surface area contributed by atoms with Crippen LogP contribution in [0, 0.1) is 0 Å². The number of aliphatic hydroxyl groups is 2. The van der Waals surface area contributed by atoms with E-state index in [4.69, 9.17) is 21.7 Å². The Labute approximate surface area is 127 Å². The number of nitrogens with one attached hydrogen (secondary N) is 2. The van der Waals surface area contributed by atoms with E-state index in [0.717, 1.165) is 13.8 Å². The minimum atomic E-state index is -4.69. The van der Waals surface area contributed by atoms with Crippen molar-refractivity contribution >= 4 is 21.9 Å². The lowest BCUT2D eigenvalue weighted by Crippen LogP contribution is -2.65. The number of hydrogen-bond acceptors (Lipinski definition) is 8. The first-order valence-corrected chi connectivity index (χ1v) is 7.63. The average molecular weight is 342 g/mol. The Kier molecular flexibility index (Phi) is 7.34. The molecule has 9 N–H and O–H groups in total. The van der Waals surface area contributed by atoms with Crippen LogP contribution in [-0.4, -0.2) is 71.2 Å². The standard InChI is InChI=1S/C10H22N4O7S/c1-10(2,22(19,20)21)9(13-7(17)5(11)3-15)14-8(18)6(12)4-16/h5-6,9,15-16H,3-4,11-12H2,1-2H3,(H,13,17)(H,14,18)(H,19,20,21)/t5-,6-/m0/s1. The number of aliphatic hydroxyl groups excluding tert-OH is 2. The Morgan fingerprint density at radius 3 is 1.59 bits per heavy atom. The molecule has 2 atom stereocenters. The number of carbonyl (C=O) groups excluding carboxylic acids is 2. The Morgan fingerprint density at radius 1 is 1.05 bits per heavy atom. The van der Waals surface area contributed by atoms with Gasteiger partial charge in [0.25, 0.3) is 10.1 Å². The van der Waals surface area contributed by atoms with Gasteiger partial charge in [0, 0.05) is 0 Å². The highest BCUT2D eigenvalue weighted by Gasteiger charge is 2.43. The van der Waals surface area contributed by atoms with Gasteiger partial charge in [-0.15, -0.1) is 0 Å². The molecule has 0 aliphatic rings. The van der Waals surface area contributed by atoms with Crippen molar-refractivity contribution in [3.05, 3.63) is 0 Å². The molecule has 0 bridgehead atoms. The average Bonchev–Trinajstić information content (AvgIpc) is 2.42. The zero-order valence-electron chi connectivity index (χ0n) is 12.2. The molecule has 0 saturated carbocycles. The van der Waals surface area contributed by atoms with Crippen LogP contribution in [0.15, 0.2) is 0 Å². The van der Waals surface area contributed by atoms with Crippen LogP contribution in [0.25, 0.3) is 0 Å². The second-order valence-electron chi connectivity index (χ2n) is 5.11. The molecule has 0 aromatic heterocycles. The minimum Gasteiger partial charge on any atom is -0.394 e. The first-order valence-electron chi connectivity index (χ1n) is 6.19. The zero-order valence-corrected chi connectivity index (χ0v) is 13.0. The molecule has 0 fully saturated rings. The van der Waals surface area contributed by atoms with Crippen LogP contribution < -0.4 is 22.1 Å². The lowest BCUT2D eigenvalue weighted by molar-refractivity contribution is -0.127. The van der Waals surface area contributed by atoms with E-state index in [1.165, 1.54) is 0 Å². The lowest BCUT2D eigenvalue weighted by atomic mass is 10.1. The summed E-state index contributed by atoms with van der Waals surface area (Å²) >= 11 is 0. The maximum Gasteiger partial charge on any atom is 0.274 e. The largest absolute Gasteiger partial charge is 0.394 e. The molecule has 2 amide bonds. The summed E-state index contributed by atoms with van der Waals surface area (Å²) in [6.45, 7) is 0.662. The summed E-state index contributed by atoms with van der Waals surface area (Å²) in [6.07, 6.45) is -1.60. The summed E-state index contributed by atoms with van der Waals surface area (Å²) in [5, 5.41) is 21.8. The first kappa shape index (κ1) is 20.7. The van der Waals surface area contributed by atoms with Gasteiger partial charge in [-0.3, -0.25) is 14.1 Å². The van der Waals surface area contributed by atoms with Crippen LogP contribution >= 0.6 is 0 Å². The van der Waals surface area contributed by atoms with Crippen molar-refractivity contribution in [1.82, 2.24) is 10.6 Å². The molecule has 0 radical (unpaired) electrons. The third-order valence-corrected chi connectivity index (χ3v) is 4.57. The molecular weight excluding hydrogens is 320 g/mol. The van der Waals surface area contributed by atoms with Crippen LogP contribution in [0.2, 0.25) is 0 Å². The maximum absolute atomic E-state index is 11.7. The topological polar surface area (TPSA) is 205 Å². The number of rotatable bonds is 8. The van der Waals surface area contributed by atoms with Gasteiger partial charge in [-0.1, -0.05) is 0 Å². The fraction of sp³-hybridized carbons (Fsp3) is 0.800. The molecule has 0 aliphatic carbocycles. The SMILES string of the molecule is CC(C)(C(NC(=O)[C@@H](N)CO)NC(=O)[C@@H](N)CO)S(=O)(=O)O. The van der Waals surface area contributed by atoms with Gasteiger partial charge in [0.15, 0.2) is 0 Å². The highest BCUT2D eigenvalue weighted by atomic mass is 32.2. The van der Waals surface area contributed by atoms with Crippen LogP contribution in [-0.2, 0) is 19.7 Å². The van der Waals surface area contributed by atoms with E-state index in [2.05, 4.69) is 10.6 Å². The monoisotopic (exact) mass is 342 g/mol. The van der Waals surface area contributed by atoms with E-state index in [1.807, 2.05) is 0 Å². The second-order valence-corrected chi connectivity index (χ2v) is 7.11. The van der Waals surface area contributed by atoms with Gasteiger partial charge in [-0.05, 0) is 13.8 Å². The molecule has 0 aromatic rings. The second kappa shape index (κ2) is 7.80. The Morgan fingerprint density at radius 2 is 1.36 bits per heavy atom. The van der Waals surface area contributed by atoms with Crippen LogP contribution in [0.5, 0.6) is 0 Å². The molecule has 22 heavy (non-hydrogen) atoms. The molecule has 0 saturated heterocycles. The van der Waals surface area contributed by atoms with Crippen molar-refractivity contribution < 1.29 is 32.8 Å². The van der Waals surface area contributed by atoms with E-state index < -0.39 is 58.1 Å². The number of amides is 2. The zero-order chi connectivity index (χ0) is 17.7. The van der Waals surface area contributed by atoms with Crippen LogP contribution in [0.1, 0.15) is 13.8 Å². The molecule has 0 rings (SSSR count). The molecule has 0 spiro atoms. The van der Waals surface area contributed by atoms with Crippen molar-refractivity contribution in [3.8, 4) is 0 Å². The summed E-state index contributed by atoms with van der Waals surface area (Å²) in [6, 6.07) is -2.72. The molecule has 0 unspecified atom stereocenters. The van der Waals surface area contributed by atoms with E-state index in [-0.39, 0.29) is 0 Å². The van der Waals surface area contributed by atoms with Gasteiger partial charge in [0.2, 0.25) is 11.8 Å². The number of nitrogens with two attached hydrogens (primary N) is 2. The van der Waals surface area contributed by atoms with Gasteiger partial charge < -0.3 is 32.3 Å². The predicted molar refractivity (Wildman–Crippen MR) is 75.8 cm³/mol. The summed E-state index contributed by atoms with van der Waals surface area (Å²) < 4.78 is 30.1. The van der Waals surface area contributed by atoms with Crippen molar-refractivity contribution in [3.63, 3.8) is 0 Å². The van der Waals surface area contributed by atoms with Gasteiger partial charge >= 0.3 is 0 Å². The lowest BCUT2D eigenvalue weighted by Gasteiger charge is -2.33. The van der Waals surface area contributed by atoms with Crippen molar-refractivity contribution in [1.29, 1.82) is 0 Å². The Balaban J connectivity index is 5.42. The fourth-order valence-corrected chi connectivity index (χ4v) is 1.61. The number of carbonyl (C=O) groups is 2. The summed E-state index contributed by atoms with van der Waals surface area (Å²) in [5.41, 5.74) is 10.6. The molecule has 0 heterocycles. The predicted octanol–water partition coefficient (Wildman–Crippen LogP) is -4.15. The van der Waals surface area contributed by atoms with E-state index >= 15 is 0 Å². The van der Waals surface area contributed by atoms with E-state index in [1.54, 1.807) is 0 Å². The highest BCUT2D eigenvalue weighted by molar-refractivity contribution is 7.87. The van der Waals surface area contributed by atoms with Crippen molar-refractivity contribution in [2.75, 3.05) is 13.2 Å². The molecule has 0 aliphatic heterocycles. The third-order valence-electron chi connectivity index (χ3n) is 3.00. The van der Waals surface area contributed by atoms with Gasteiger partial charge in [0.05, 0.1) is 13.2 Å². The summed E-state index contributed by atoms with van der Waals surface area (Å²) in [7, 11) is -4.69. The summed E-state index contributed by atoms with van der Waals surface area (Å²) in [5.74, 6) is -1.91. The quantitative estimate of drug-likeness (QED) is 0.168. The van der Waals surface area contributed by atoms with Gasteiger partial charge in [-0.25, -0.2) is 0 Å². The van der Waals surface area contributed by atoms with Crippen molar-refractivity contribution in [2.24, 2.45) is 11.5 Å². The Bertz CT molecular complexity index is 483. The van der Waals surface area contributed by atoms with Gasteiger partial charge in [-0.2, -0.15) is 8.42 Å². The third kappa shape index (κ3) is 5.15. The molecular formula is C10H22N4O7S. The van der Waals surface area contributed by atoms with E-state index in [9.17, 15) is 22.6 Å². The molecule has 11 nitrogen and oxygen atoms in total. The molecule has 0 aromatic carbocycles. The number of hydrogen-bond donors (Lipinski definition) is 7. The van der Waals surface area contributed by atoms with Gasteiger partial charge in [0.1, 0.15) is 23.0 Å². The molecule has 130 valence electrons. The highest BCUT2D eigenvalue weighted by Crippen LogP contribution is 2.18.